The number of carbonyl (C=O) groups excluding carboxylic acids is 1. The van der Waals surface area contributed by atoms with Crippen molar-refractivity contribution in [1.82, 2.24) is 14.3 Å². The van der Waals surface area contributed by atoms with Crippen LogP contribution in [0.2, 0.25) is 0 Å². The number of benzene rings is 1. The normalized spacial score (nSPS) is 25.4. The first-order valence-corrected chi connectivity index (χ1v) is 14.1. The number of aromatic nitrogens is 2. The van der Waals surface area contributed by atoms with Crippen molar-refractivity contribution >= 4 is 39.1 Å². The lowest BCUT2D eigenvalue weighted by Crippen LogP contribution is -2.49. The van der Waals surface area contributed by atoms with Crippen molar-refractivity contribution in [1.29, 1.82) is 0 Å². The average molecular weight is 530 g/mol. The zero-order chi connectivity index (χ0) is 26.3. The summed E-state index contributed by atoms with van der Waals surface area (Å²) in [6.45, 7) is 5.81. The second-order valence-electron chi connectivity index (χ2n) is 9.85. The molecule has 1 amide bonds. The predicted octanol–water partition coefficient (Wildman–Crippen LogP) is 2.23. The minimum atomic E-state index is -3.18. The molecule has 10 nitrogen and oxygen atoms in total. The van der Waals surface area contributed by atoms with Crippen molar-refractivity contribution in [3.8, 4) is 0 Å². The van der Waals surface area contributed by atoms with Gasteiger partial charge >= 0.3 is 0 Å². The van der Waals surface area contributed by atoms with E-state index in [1.54, 1.807) is 11.2 Å². The largest absolute Gasteiger partial charge is 0.369 e. The number of nitrogens with zero attached hydrogens (tertiary/aromatic N) is 4. The zero-order valence-corrected chi connectivity index (χ0v) is 21.7. The summed E-state index contributed by atoms with van der Waals surface area (Å²) < 4.78 is 40.4. The Hall–Kier alpha value is -3.25. The van der Waals surface area contributed by atoms with Gasteiger partial charge in [-0.05, 0) is 55.9 Å². The number of carbonyl (C=O) groups is 1. The van der Waals surface area contributed by atoms with Crippen LogP contribution in [0.4, 0.5) is 27.5 Å². The number of hydrogen-bond acceptors (Lipinski definition) is 8. The van der Waals surface area contributed by atoms with E-state index in [0.29, 0.717) is 26.2 Å². The summed E-state index contributed by atoms with van der Waals surface area (Å²) in [5, 5.41) is 6.24. The van der Waals surface area contributed by atoms with Crippen molar-refractivity contribution in [2.75, 3.05) is 47.5 Å². The Labute approximate surface area is 216 Å². The van der Waals surface area contributed by atoms with Gasteiger partial charge in [0, 0.05) is 43.6 Å². The molecule has 1 saturated heterocycles. The van der Waals surface area contributed by atoms with Crippen LogP contribution in [0, 0.1) is 30.5 Å². The molecule has 2 aliphatic carbocycles. The first-order chi connectivity index (χ1) is 17.7. The summed E-state index contributed by atoms with van der Waals surface area (Å²) in [5.74, 6) is -0.857. The molecule has 3 aliphatic rings. The van der Waals surface area contributed by atoms with E-state index in [2.05, 4.69) is 25.5 Å². The minimum absolute atomic E-state index is 0.0305. The van der Waals surface area contributed by atoms with E-state index in [-0.39, 0.29) is 35.4 Å². The van der Waals surface area contributed by atoms with Gasteiger partial charge in [0.25, 0.3) is 0 Å². The van der Waals surface area contributed by atoms with Crippen LogP contribution in [0.5, 0.6) is 0 Å². The molecule has 2 fully saturated rings. The number of piperazine rings is 1. The van der Waals surface area contributed by atoms with E-state index in [1.807, 2.05) is 37.3 Å². The molecule has 1 saturated carbocycles. The van der Waals surface area contributed by atoms with Gasteiger partial charge in [0.15, 0.2) is 11.6 Å². The second-order valence-corrected chi connectivity index (χ2v) is 12.1. The number of aryl methyl sites for hydroxylation is 1. The van der Waals surface area contributed by atoms with Crippen LogP contribution in [-0.4, -0.2) is 66.6 Å². The van der Waals surface area contributed by atoms with Crippen molar-refractivity contribution < 1.29 is 17.6 Å². The Balaban J connectivity index is 1.27. The highest BCUT2D eigenvalue weighted by molar-refractivity contribution is 7.89. The Morgan fingerprint density at radius 3 is 2.59 bits per heavy atom. The molecule has 2 aromatic rings. The van der Waals surface area contributed by atoms with Gasteiger partial charge in [0.05, 0.1) is 17.9 Å². The molecule has 37 heavy (non-hydrogen) atoms. The first-order valence-electron chi connectivity index (χ1n) is 12.5. The number of nitrogens with one attached hydrogen (secondary N) is 2. The number of allylic oxidation sites excluding steroid dienone is 1. The summed E-state index contributed by atoms with van der Waals surface area (Å²) in [6.07, 6.45) is 5.98. The highest BCUT2D eigenvalue weighted by Gasteiger charge is 2.47. The van der Waals surface area contributed by atoms with Crippen LogP contribution >= 0.6 is 0 Å². The Kier molecular flexibility index (Phi) is 6.80. The van der Waals surface area contributed by atoms with Crippen LogP contribution in [0.25, 0.3) is 0 Å². The lowest BCUT2D eigenvalue weighted by molar-refractivity contribution is -0.122. The summed E-state index contributed by atoms with van der Waals surface area (Å²) in [5.41, 5.74) is 8.41. The molecular formula is C25H32FN7O3S. The number of primary amides is 1. The fourth-order valence-corrected chi connectivity index (χ4v) is 6.78. The van der Waals surface area contributed by atoms with Crippen LogP contribution in [0.1, 0.15) is 18.9 Å². The maximum Gasteiger partial charge on any atom is 0.229 e. The summed E-state index contributed by atoms with van der Waals surface area (Å²) in [7, 11) is -3.18. The van der Waals surface area contributed by atoms with Crippen molar-refractivity contribution in [2.45, 2.75) is 26.3 Å². The number of anilines is 4. The number of rotatable bonds is 8. The van der Waals surface area contributed by atoms with E-state index in [0.717, 1.165) is 29.6 Å². The second kappa shape index (κ2) is 9.90. The predicted molar refractivity (Wildman–Crippen MR) is 141 cm³/mol. The molecule has 198 valence electrons. The topological polar surface area (TPSA) is 134 Å². The lowest BCUT2D eigenvalue weighted by Gasteiger charge is -2.36. The molecule has 1 aliphatic heterocycles. The Morgan fingerprint density at radius 1 is 1.19 bits per heavy atom. The standard InChI is InChI=1S/C25H32FN7O3S/c1-3-37(35,36)33-10-8-32(9-11-33)20-7-6-18(12-15(20)2)29-25-28-14-19(26)24(31-25)30-22-17-5-4-16(13-17)21(22)23(27)34/h4-7,12,14,16-17,21-22H,3,8-11,13H2,1-2H3,(H2,27,34)(H2,28,29,30,31)/t16-,17+,21+,22-/m1/s1. The van der Waals surface area contributed by atoms with E-state index < -0.39 is 27.7 Å². The van der Waals surface area contributed by atoms with Crippen molar-refractivity contribution in [3.05, 3.63) is 47.9 Å². The minimum Gasteiger partial charge on any atom is -0.369 e. The maximum absolute atomic E-state index is 14.6. The van der Waals surface area contributed by atoms with Crippen LogP contribution in [0.15, 0.2) is 36.5 Å². The quantitative estimate of drug-likeness (QED) is 0.444. The SMILES string of the molecule is CCS(=O)(=O)N1CCN(c2ccc(Nc3ncc(F)c(N[C@H]4[C@@H](C(N)=O)[C@@H]5C=C[C@H]4C5)n3)cc2C)CC1. The van der Waals surface area contributed by atoms with E-state index in [9.17, 15) is 17.6 Å². The average Bonchev–Trinajstić information content (AvgIpc) is 3.48. The fraction of sp³-hybridized carbons (Fsp3) is 0.480. The molecule has 2 bridgehead atoms. The number of amides is 1. The summed E-state index contributed by atoms with van der Waals surface area (Å²) in [4.78, 5) is 22.6. The lowest BCUT2D eigenvalue weighted by atomic mass is 9.88. The van der Waals surface area contributed by atoms with E-state index >= 15 is 0 Å². The number of nitrogens with two attached hydrogens (primary N) is 1. The third-order valence-corrected chi connectivity index (χ3v) is 9.51. The van der Waals surface area contributed by atoms with Crippen LogP contribution < -0.4 is 21.3 Å². The molecule has 1 aromatic carbocycles. The monoisotopic (exact) mass is 529 g/mol. The van der Waals surface area contributed by atoms with Gasteiger partial charge in [0.2, 0.25) is 21.9 Å². The fourth-order valence-electron chi connectivity index (χ4n) is 5.70. The third kappa shape index (κ3) is 4.99. The number of halogens is 1. The number of hydrogen-bond donors (Lipinski definition) is 3. The smallest absolute Gasteiger partial charge is 0.229 e. The zero-order valence-electron chi connectivity index (χ0n) is 20.9. The molecule has 0 spiro atoms. The highest BCUT2D eigenvalue weighted by Crippen LogP contribution is 2.45. The molecule has 0 unspecified atom stereocenters. The molecule has 0 radical (unpaired) electrons. The Morgan fingerprint density at radius 2 is 1.92 bits per heavy atom. The van der Waals surface area contributed by atoms with Crippen molar-refractivity contribution in [2.24, 2.45) is 23.5 Å². The molecule has 5 rings (SSSR count). The molecule has 4 atom stereocenters. The van der Waals surface area contributed by atoms with E-state index in [1.165, 1.54) is 0 Å². The van der Waals surface area contributed by atoms with Gasteiger partial charge in [-0.25, -0.2) is 17.8 Å². The van der Waals surface area contributed by atoms with Crippen LogP contribution in [0.3, 0.4) is 0 Å². The van der Waals surface area contributed by atoms with Gasteiger partial charge < -0.3 is 21.3 Å². The highest BCUT2D eigenvalue weighted by atomic mass is 32.2. The number of sulfonamides is 1. The van der Waals surface area contributed by atoms with E-state index in [4.69, 9.17) is 5.73 Å². The van der Waals surface area contributed by atoms with Gasteiger partial charge in [0.1, 0.15) is 0 Å². The first kappa shape index (κ1) is 25.4. The van der Waals surface area contributed by atoms with Gasteiger partial charge in [-0.15, -0.1) is 0 Å². The molecule has 4 N–H and O–H groups in total. The molecule has 12 heteroatoms. The van der Waals surface area contributed by atoms with Gasteiger partial charge in [-0.2, -0.15) is 9.29 Å². The molecule has 2 heterocycles. The number of fused-ring (bicyclic) bond motifs is 2. The molecular weight excluding hydrogens is 497 g/mol. The maximum atomic E-state index is 14.6. The van der Waals surface area contributed by atoms with Crippen LogP contribution in [-0.2, 0) is 14.8 Å². The Bertz CT molecular complexity index is 1330. The van der Waals surface area contributed by atoms with Gasteiger partial charge in [-0.1, -0.05) is 12.2 Å². The van der Waals surface area contributed by atoms with Crippen molar-refractivity contribution in [3.63, 3.8) is 0 Å². The third-order valence-electron chi connectivity index (χ3n) is 7.63. The van der Waals surface area contributed by atoms with Gasteiger partial charge in [-0.3, -0.25) is 4.79 Å². The summed E-state index contributed by atoms with van der Waals surface area (Å²) in [6, 6.07) is 5.51. The summed E-state index contributed by atoms with van der Waals surface area (Å²) >= 11 is 0. The molecule has 1 aromatic heterocycles.